The lowest BCUT2D eigenvalue weighted by Crippen LogP contribution is -2.61. The van der Waals surface area contributed by atoms with Gasteiger partial charge in [-0.1, -0.05) is 100 Å². The Kier molecular flexibility index (Phi) is 35.0. The number of hydrogen-bond donors (Lipinski definition) is 19. The van der Waals surface area contributed by atoms with E-state index in [1.54, 1.807) is 36.5 Å². The van der Waals surface area contributed by atoms with Crippen LogP contribution in [0.15, 0.2) is 77.9 Å². The molecular formula is C68H93Cl2N19O16S2. The first-order chi connectivity index (χ1) is 51.0. The Balaban J connectivity index is 1.44. The molecule has 0 bridgehead atoms. The number of benzene rings is 3. The molecule has 1 saturated heterocycles. The number of hydrogen-bond acceptors (Lipinski definition) is 20. The van der Waals surface area contributed by atoms with E-state index in [0.717, 1.165) is 26.5 Å². The fourth-order valence-corrected chi connectivity index (χ4v) is 14.6. The molecular weight excluding hydrogens is 1470 g/mol. The number of primary amides is 2. The number of aromatic nitrogens is 1. The standard InChI is InChI=1S/C68H93Cl2N19O16S2/c69-42-11-5-9-38(57(42)70)30-48-64(102)82-44(13-6-26-78-68(75)76)60(98)77-27-23-53(92)80-45(18-20-52(73)91)61(99)84-49(31-39-32-79-43-12-4-3-10-41(39)43)65(103)83-46(19-21-56(95)96)62(100)86-50(59(74)97)34-106-107-35-51(66(104)88-58(67(105)85-48)37-7-1-2-8-37)87-63(101)47(29-36-14-16-40(90)17-15-36)81-54(93)33-89(28-25-72)55(94)22-24-71/h3-5,9-12,14-17,32,37,44-51,58,79,90H,1-2,6-8,13,18-31,33-35,71-72H2,(H2,73,91)(H2,74,97)(H,77,98)(H,80,92)(H,81,93)(H,82,102)(H,83,103)(H,84,99)(H,85,105)(H,86,100)(H,87,101)(H,88,104)(H,95,96)(H4,75,76,78)/t44-,45-,46-,47-,48-,49-,50-,51-,58-/m0/s1. The zero-order valence-electron chi connectivity index (χ0n) is 58.5. The number of nitrogens with two attached hydrogens (primary N) is 6. The highest BCUT2D eigenvalue weighted by Crippen LogP contribution is 2.31. The number of aliphatic carboxylic acids is 1. The van der Waals surface area contributed by atoms with E-state index in [4.69, 9.17) is 57.6 Å². The maximum Gasteiger partial charge on any atom is 0.303 e. The molecule has 1 aliphatic heterocycles. The number of carboxylic acids is 1. The lowest BCUT2D eigenvalue weighted by molar-refractivity contribution is -0.138. The van der Waals surface area contributed by atoms with Crippen LogP contribution in [-0.2, 0) is 86.4 Å². The first-order valence-corrected chi connectivity index (χ1v) is 37.8. The number of phenolic OH excluding ortho intramolecular Hbond substituents is 1. The summed E-state index contributed by atoms with van der Waals surface area (Å²) in [6.07, 6.45) is -0.404. The predicted molar refractivity (Wildman–Crippen MR) is 400 cm³/mol. The van der Waals surface area contributed by atoms with Gasteiger partial charge in [-0.05, 0) is 85.4 Å². The van der Waals surface area contributed by atoms with Crippen LogP contribution in [0.25, 0.3) is 10.9 Å². The van der Waals surface area contributed by atoms with E-state index in [-0.39, 0.29) is 92.0 Å². The molecule has 582 valence electrons. The van der Waals surface area contributed by atoms with Gasteiger partial charge in [0.05, 0.1) is 16.6 Å². The second-order valence-electron chi connectivity index (χ2n) is 25.5. The second kappa shape index (κ2) is 43.6. The largest absolute Gasteiger partial charge is 0.508 e. The number of nitrogens with zero attached hydrogens (tertiary/aromatic N) is 2. The van der Waals surface area contributed by atoms with Crippen molar-refractivity contribution in [3.05, 3.63) is 99.7 Å². The van der Waals surface area contributed by atoms with E-state index in [0.29, 0.717) is 47.7 Å². The summed E-state index contributed by atoms with van der Waals surface area (Å²) in [5, 5.41) is 46.9. The molecule has 1 aliphatic carbocycles. The minimum Gasteiger partial charge on any atom is -0.508 e. The zero-order chi connectivity index (χ0) is 78.3. The van der Waals surface area contributed by atoms with Crippen LogP contribution in [0.2, 0.25) is 10.0 Å². The van der Waals surface area contributed by atoms with Gasteiger partial charge >= 0.3 is 5.97 Å². The van der Waals surface area contributed by atoms with E-state index < -0.39 is 200 Å². The van der Waals surface area contributed by atoms with Gasteiger partial charge in [0.15, 0.2) is 5.96 Å². The minimum absolute atomic E-state index is 0.00581. The van der Waals surface area contributed by atoms with Crippen LogP contribution in [0.5, 0.6) is 5.75 Å². The lowest BCUT2D eigenvalue weighted by atomic mass is 9.95. The zero-order valence-corrected chi connectivity index (χ0v) is 61.7. The summed E-state index contributed by atoms with van der Waals surface area (Å²) in [7, 11) is 1.69. The summed E-state index contributed by atoms with van der Waals surface area (Å²) in [6.45, 7) is -1.20. The SMILES string of the molecule is NCCC(=O)N(CCN)CC(=O)N[C@@H](Cc1ccc(O)cc1)C(=O)N[C@H]1CSSC[C@@H](C(N)=O)NC(=O)[C@H](CCC(=O)O)NC(=O)[C@H](Cc2c[nH]c3ccccc23)NC(=O)[C@H](CCC(N)=O)NC(=O)CCNC(=O)[C@H](CCCN=C(N)N)NC(=O)[C@H](Cc2cccc(Cl)c2Cl)NC(=O)[C@H](C2CCCC2)NC1=O. The Morgan fingerprint density at radius 3 is 1.93 bits per heavy atom. The summed E-state index contributed by atoms with van der Waals surface area (Å²) < 4.78 is 0. The number of nitrogens with one attached hydrogen (secondary N) is 11. The number of carbonyl (C=O) groups is 14. The van der Waals surface area contributed by atoms with Gasteiger partial charge in [0, 0.05) is 106 Å². The number of aromatic amines is 1. The Labute approximate surface area is 633 Å². The van der Waals surface area contributed by atoms with Crippen LogP contribution in [0.4, 0.5) is 0 Å². The number of H-pyrrole nitrogens is 1. The van der Waals surface area contributed by atoms with E-state index in [1.165, 1.54) is 36.4 Å². The van der Waals surface area contributed by atoms with Crippen molar-refractivity contribution >= 4 is 144 Å². The average Bonchev–Trinajstić information content (AvgIpc) is 1.77. The Hall–Kier alpha value is -9.95. The number of aromatic hydroxyl groups is 1. The molecule has 1 aromatic heterocycles. The van der Waals surface area contributed by atoms with Crippen LogP contribution >= 0.6 is 44.8 Å². The van der Waals surface area contributed by atoms with Crippen molar-refractivity contribution in [3.8, 4) is 5.75 Å². The number of aliphatic imine (C=N–C) groups is 1. The first-order valence-electron chi connectivity index (χ1n) is 34.6. The van der Waals surface area contributed by atoms with Crippen molar-refractivity contribution in [1.29, 1.82) is 0 Å². The van der Waals surface area contributed by atoms with Crippen LogP contribution in [0.3, 0.4) is 0 Å². The fraction of sp³-hybridized carbons (Fsp3) is 0.485. The Bertz CT molecular complexity index is 3850. The number of guanidine groups is 1. The maximum atomic E-state index is 15.3. The van der Waals surface area contributed by atoms with Gasteiger partial charge in [-0.25, -0.2) is 0 Å². The molecule has 2 fully saturated rings. The minimum atomic E-state index is -1.75. The summed E-state index contributed by atoms with van der Waals surface area (Å²) in [6, 6.07) is 2.76. The highest BCUT2D eigenvalue weighted by molar-refractivity contribution is 8.76. The van der Waals surface area contributed by atoms with Crippen LogP contribution in [-0.4, -0.2) is 214 Å². The van der Waals surface area contributed by atoms with E-state index in [9.17, 15) is 67.7 Å². The number of para-hydroxylation sites is 1. The van der Waals surface area contributed by atoms with Crippen molar-refractivity contribution in [3.63, 3.8) is 0 Å². The quantitative estimate of drug-likeness (QED) is 0.0127. The molecule has 107 heavy (non-hydrogen) atoms. The second-order valence-corrected chi connectivity index (χ2v) is 28.9. The van der Waals surface area contributed by atoms with Gasteiger partial charge in [-0.15, -0.1) is 0 Å². The van der Waals surface area contributed by atoms with Gasteiger partial charge in [0.2, 0.25) is 76.8 Å². The lowest BCUT2D eigenvalue weighted by Gasteiger charge is -2.30. The summed E-state index contributed by atoms with van der Waals surface area (Å²) in [5.41, 5.74) is 35.8. The molecule has 0 unspecified atom stereocenters. The Morgan fingerprint density at radius 2 is 1.27 bits per heavy atom. The van der Waals surface area contributed by atoms with Crippen molar-refractivity contribution in [2.75, 3.05) is 50.8 Å². The molecule has 39 heteroatoms. The van der Waals surface area contributed by atoms with Gasteiger partial charge in [-0.2, -0.15) is 0 Å². The smallest absolute Gasteiger partial charge is 0.303 e. The highest BCUT2D eigenvalue weighted by atomic mass is 35.5. The summed E-state index contributed by atoms with van der Waals surface area (Å²) in [4.78, 5) is 205. The number of carbonyl (C=O) groups excluding carboxylic acids is 13. The average molecular weight is 1570 g/mol. The van der Waals surface area contributed by atoms with Crippen molar-refractivity contribution in [1.82, 2.24) is 63.1 Å². The third-order valence-electron chi connectivity index (χ3n) is 17.4. The third kappa shape index (κ3) is 28.4. The molecule has 35 nitrogen and oxygen atoms in total. The van der Waals surface area contributed by atoms with Gasteiger partial charge < -0.3 is 108 Å². The molecule has 9 atom stereocenters. The van der Waals surface area contributed by atoms with E-state index in [2.05, 4.69) is 63.1 Å². The van der Waals surface area contributed by atoms with Crippen LogP contribution < -0.4 is 87.6 Å². The number of halogens is 2. The molecule has 2 heterocycles. The fourth-order valence-electron chi connectivity index (χ4n) is 11.8. The van der Waals surface area contributed by atoms with E-state index >= 15 is 9.59 Å². The molecule has 25 N–H and O–H groups in total. The number of phenols is 1. The monoisotopic (exact) mass is 1570 g/mol. The topological polar surface area (TPSA) is 587 Å². The van der Waals surface area contributed by atoms with Gasteiger partial charge in [0.25, 0.3) is 0 Å². The first kappa shape index (κ1) is 86.0. The molecule has 4 aromatic rings. The van der Waals surface area contributed by atoms with Gasteiger partial charge in [0.1, 0.15) is 60.1 Å². The van der Waals surface area contributed by atoms with Crippen molar-refractivity contribution in [2.45, 2.75) is 151 Å². The molecule has 0 spiro atoms. The predicted octanol–water partition coefficient (Wildman–Crippen LogP) is -2.53. The molecule has 2 aliphatic rings. The highest BCUT2D eigenvalue weighted by Gasteiger charge is 2.39. The molecule has 3 aromatic carbocycles. The van der Waals surface area contributed by atoms with Crippen molar-refractivity contribution in [2.24, 2.45) is 45.3 Å². The number of carboxylic acid groups (broad SMARTS) is 1. The number of fused-ring (bicyclic) bond motifs is 1. The Morgan fingerprint density at radius 1 is 0.654 bits per heavy atom. The summed E-state index contributed by atoms with van der Waals surface area (Å²) in [5.74, 6) is -15.4. The van der Waals surface area contributed by atoms with Crippen molar-refractivity contribution < 1.29 is 77.3 Å². The number of rotatable bonds is 27. The molecule has 13 amide bonds. The van der Waals surface area contributed by atoms with Crippen LogP contribution in [0, 0.1) is 5.92 Å². The number of amides is 13. The van der Waals surface area contributed by atoms with Crippen LogP contribution in [0.1, 0.15) is 93.7 Å². The van der Waals surface area contributed by atoms with Gasteiger partial charge in [-0.3, -0.25) is 72.1 Å². The normalized spacial score (nSPS) is 21.3. The third-order valence-corrected chi connectivity index (χ3v) is 20.7. The maximum absolute atomic E-state index is 15.3. The molecule has 0 radical (unpaired) electrons. The molecule has 6 rings (SSSR count). The summed E-state index contributed by atoms with van der Waals surface area (Å²) >= 11 is 13.2. The van der Waals surface area contributed by atoms with E-state index in [1.807, 2.05) is 0 Å². The molecule has 1 saturated carbocycles.